The number of carbonyl (C=O) groups excluding carboxylic acids is 1. The average Bonchev–Trinajstić information content (AvgIpc) is 3.02. The summed E-state index contributed by atoms with van der Waals surface area (Å²) in [6, 6.07) is 17.2. The minimum Gasteiger partial charge on any atom is -0.493 e. The van der Waals surface area contributed by atoms with E-state index in [9.17, 15) is 4.79 Å². The third kappa shape index (κ3) is 3.45. The van der Waals surface area contributed by atoms with Crippen molar-refractivity contribution >= 4 is 45.8 Å². The number of methoxy groups -OCH3 is 2. The van der Waals surface area contributed by atoms with E-state index >= 15 is 0 Å². The number of hydrogen-bond acceptors (Lipinski definition) is 4. The Labute approximate surface area is 173 Å². The lowest BCUT2D eigenvalue weighted by Gasteiger charge is -2.13. The van der Waals surface area contributed by atoms with Gasteiger partial charge in [0.25, 0.3) is 5.91 Å². The highest BCUT2D eigenvalue weighted by atomic mass is 35.5. The molecule has 3 aromatic rings. The molecule has 0 fully saturated rings. The summed E-state index contributed by atoms with van der Waals surface area (Å²) in [7, 11) is 3.10. The van der Waals surface area contributed by atoms with Crippen LogP contribution in [0, 0.1) is 0 Å². The van der Waals surface area contributed by atoms with Gasteiger partial charge in [-0.15, -0.1) is 0 Å². The number of benzene rings is 3. The number of fused-ring (bicyclic) bond motifs is 1. The van der Waals surface area contributed by atoms with Crippen LogP contribution in [0.2, 0.25) is 5.02 Å². The van der Waals surface area contributed by atoms with Crippen LogP contribution < -0.4 is 14.5 Å². The largest absolute Gasteiger partial charge is 0.493 e. The van der Waals surface area contributed by atoms with Crippen molar-refractivity contribution in [3.8, 4) is 11.5 Å². The van der Waals surface area contributed by atoms with Gasteiger partial charge in [-0.05, 0) is 47.5 Å². The molecular weight excluding hydrogens is 388 g/mol. The predicted molar refractivity (Wildman–Crippen MR) is 117 cm³/mol. The highest BCUT2D eigenvalue weighted by Crippen LogP contribution is 2.35. The van der Waals surface area contributed by atoms with Gasteiger partial charge in [-0.1, -0.05) is 41.9 Å². The molecule has 0 unspecified atom stereocenters. The van der Waals surface area contributed by atoms with E-state index in [1.54, 1.807) is 39.4 Å². The van der Waals surface area contributed by atoms with Gasteiger partial charge < -0.3 is 9.47 Å². The maximum absolute atomic E-state index is 13.1. The van der Waals surface area contributed by atoms with Crippen LogP contribution >= 0.6 is 11.6 Å². The molecule has 4 rings (SSSR count). The molecule has 0 radical (unpaired) electrons. The third-order valence-corrected chi connectivity index (χ3v) is 5.17. The van der Waals surface area contributed by atoms with Crippen LogP contribution in [0.15, 0.2) is 65.3 Å². The quantitative estimate of drug-likeness (QED) is 0.551. The number of nitrogens with zero attached hydrogens (tertiary/aromatic N) is 2. The summed E-state index contributed by atoms with van der Waals surface area (Å²) in [5.41, 5.74) is 2.47. The van der Waals surface area contributed by atoms with Crippen molar-refractivity contribution in [3.05, 3.63) is 70.8 Å². The smallest absolute Gasteiger partial charge is 0.280 e. The molecule has 0 spiro atoms. The summed E-state index contributed by atoms with van der Waals surface area (Å²) in [6.45, 7) is 1.81. The average molecular weight is 407 g/mol. The summed E-state index contributed by atoms with van der Waals surface area (Å²) < 4.78 is 10.6. The number of ether oxygens (including phenoxy) is 2. The van der Waals surface area contributed by atoms with Crippen molar-refractivity contribution in [1.82, 2.24) is 0 Å². The molecule has 0 aromatic heterocycles. The van der Waals surface area contributed by atoms with E-state index in [0.717, 1.165) is 16.5 Å². The van der Waals surface area contributed by atoms with Gasteiger partial charge in [0.15, 0.2) is 11.5 Å². The molecule has 0 saturated heterocycles. The molecule has 0 atom stereocenters. The fourth-order valence-electron chi connectivity index (χ4n) is 3.30. The number of carbonyl (C=O) groups is 1. The Morgan fingerprint density at radius 1 is 0.966 bits per heavy atom. The standard InChI is InChI=1S/C23H19ClN2O3/c1-14-19(11-17-12-21(28-2)22(29-3)13-20(17)24)23(27)26(25-14)18-9-8-15-6-4-5-7-16(15)10-18/h4-13H,1-3H3/b19-11-. The van der Waals surface area contributed by atoms with Gasteiger partial charge in [-0.2, -0.15) is 10.1 Å². The summed E-state index contributed by atoms with van der Waals surface area (Å²) in [5, 5.41) is 8.50. The van der Waals surface area contributed by atoms with E-state index in [-0.39, 0.29) is 5.91 Å². The molecule has 3 aromatic carbocycles. The van der Waals surface area contributed by atoms with Gasteiger partial charge in [-0.25, -0.2) is 0 Å². The normalized spacial score (nSPS) is 15.2. The van der Waals surface area contributed by atoms with E-state index in [4.69, 9.17) is 21.1 Å². The minimum absolute atomic E-state index is 0.205. The van der Waals surface area contributed by atoms with Gasteiger partial charge in [-0.3, -0.25) is 4.79 Å². The number of hydrogen-bond donors (Lipinski definition) is 0. The first-order valence-electron chi connectivity index (χ1n) is 9.04. The molecule has 146 valence electrons. The Morgan fingerprint density at radius 3 is 2.38 bits per heavy atom. The highest BCUT2D eigenvalue weighted by molar-refractivity contribution is 6.35. The molecule has 1 amide bonds. The van der Waals surface area contributed by atoms with Crippen LogP contribution in [0.4, 0.5) is 5.69 Å². The molecule has 5 nitrogen and oxygen atoms in total. The highest BCUT2D eigenvalue weighted by Gasteiger charge is 2.29. The Hall–Kier alpha value is -3.31. The second-order valence-electron chi connectivity index (χ2n) is 6.62. The predicted octanol–water partition coefficient (Wildman–Crippen LogP) is 5.32. The SMILES string of the molecule is COc1cc(Cl)c(/C=C2\C(=O)N(c3ccc4ccccc4c3)N=C2C)cc1OC. The second-order valence-corrected chi connectivity index (χ2v) is 7.03. The van der Waals surface area contributed by atoms with Crippen LogP contribution in [0.5, 0.6) is 11.5 Å². The summed E-state index contributed by atoms with van der Waals surface area (Å²) in [6.07, 6.45) is 1.73. The number of halogens is 1. The fourth-order valence-corrected chi connectivity index (χ4v) is 3.51. The third-order valence-electron chi connectivity index (χ3n) is 4.84. The van der Waals surface area contributed by atoms with Crippen molar-refractivity contribution in [1.29, 1.82) is 0 Å². The van der Waals surface area contributed by atoms with Crippen LogP contribution in [-0.2, 0) is 4.79 Å². The molecule has 29 heavy (non-hydrogen) atoms. The van der Waals surface area contributed by atoms with Crippen molar-refractivity contribution in [2.75, 3.05) is 19.2 Å². The van der Waals surface area contributed by atoms with E-state index in [2.05, 4.69) is 5.10 Å². The molecule has 6 heteroatoms. The lowest BCUT2D eigenvalue weighted by molar-refractivity contribution is -0.114. The first-order chi connectivity index (χ1) is 14.0. The molecule has 0 bridgehead atoms. The molecule has 1 heterocycles. The Morgan fingerprint density at radius 2 is 1.66 bits per heavy atom. The molecule has 0 N–H and O–H groups in total. The van der Waals surface area contributed by atoms with Crippen LogP contribution in [-0.4, -0.2) is 25.8 Å². The zero-order valence-corrected chi connectivity index (χ0v) is 17.0. The van der Waals surface area contributed by atoms with Crippen molar-refractivity contribution in [2.24, 2.45) is 5.10 Å². The summed E-state index contributed by atoms with van der Waals surface area (Å²) >= 11 is 6.38. The van der Waals surface area contributed by atoms with Crippen molar-refractivity contribution in [2.45, 2.75) is 6.92 Å². The molecule has 1 aliphatic heterocycles. The minimum atomic E-state index is -0.205. The first-order valence-corrected chi connectivity index (χ1v) is 9.41. The summed E-state index contributed by atoms with van der Waals surface area (Å²) in [5.74, 6) is 0.861. The number of rotatable bonds is 4. The maximum atomic E-state index is 13.1. The molecule has 0 saturated carbocycles. The van der Waals surface area contributed by atoms with Gasteiger partial charge in [0, 0.05) is 6.07 Å². The van der Waals surface area contributed by atoms with E-state index < -0.39 is 0 Å². The number of amides is 1. The fraction of sp³-hybridized carbons (Fsp3) is 0.130. The number of anilines is 1. The first kappa shape index (κ1) is 19.0. The Kier molecular flexibility index (Phi) is 4.99. The number of hydrazone groups is 1. The van der Waals surface area contributed by atoms with Gasteiger partial charge in [0.05, 0.1) is 36.2 Å². The zero-order valence-electron chi connectivity index (χ0n) is 16.3. The maximum Gasteiger partial charge on any atom is 0.280 e. The van der Waals surface area contributed by atoms with Crippen molar-refractivity contribution in [3.63, 3.8) is 0 Å². The van der Waals surface area contributed by atoms with Gasteiger partial charge in [0.1, 0.15) is 0 Å². The zero-order chi connectivity index (χ0) is 20.5. The van der Waals surface area contributed by atoms with E-state index in [1.807, 2.05) is 42.5 Å². The van der Waals surface area contributed by atoms with Crippen LogP contribution in [0.1, 0.15) is 12.5 Å². The van der Waals surface area contributed by atoms with Crippen LogP contribution in [0.25, 0.3) is 16.8 Å². The Balaban J connectivity index is 1.72. The topological polar surface area (TPSA) is 51.1 Å². The van der Waals surface area contributed by atoms with E-state index in [1.165, 1.54) is 5.01 Å². The molecule has 1 aliphatic rings. The monoisotopic (exact) mass is 406 g/mol. The Bertz CT molecular complexity index is 1180. The summed E-state index contributed by atoms with van der Waals surface area (Å²) in [4.78, 5) is 13.1. The second kappa shape index (κ2) is 7.60. The lowest BCUT2D eigenvalue weighted by Crippen LogP contribution is -2.21. The molecule has 0 aliphatic carbocycles. The van der Waals surface area contributed by atoms with Gasteiger partial charge in [0.2, 0.25) is 0 Å². The van der Waals surface area contributed by atoms with E-state index in [0.29, 0.717) is 33.4 Å². The van der Waals surface area contributed by atoms with Crippen molar-refractivity contribution < 1.29 is 14.3 Å². The lowest BCUT2D eigenvalue weighted by atomic mass is 10.1. The molecular formula is C23H19ClN2O3. The van der Waals surface area contributed by atoms with Gasteiger partial charge >= 0.3 is 0 Å². The van der Waals surface area contributed by atoms with Crippen LogP contribution in [0.3, 0.4) is 0 Å².